The van der Waals surface area contributed by atoms with Crippen LogP contribution in [0.3, 0.4) is 0 Å². The van der Waals surface area contributed by atoms with Gasteiger partial charge in [0.1, 0.15) is 0 Å². The van der Waals surface area contributed by atoms with Gasteiger partial charge in [0.2, 0.25) is 0 Å². The number of rotatable bonds is 4. The summed E-state index contributed by atoms with van der Waals surface area (Å²) in [6.07, 6.45) is 5.50. The molecule has 0 spiro atoms. The fraction of sp³-hybridized carbons (Fsp3) is 0.750. The first-order chi connectivity index (χ1) is 8.52. The average molecular weight is 263 g/mol. The van der Waals surface area contributed by atoms with E-state index in [-0.39, 0.29) is 0 Å². The van der Waals surface area contributed by atoms with Gasteiger partial charge in [0, 0.05) is 6.04 Å². The van der Waals surface area contributed by atoms with Gasteiger partial charge >= 0.3 is 0 Å². The van der Waals surface area contributed by atoms with Crippen LogP contribution in [0.15, 0.2) is 16.8 Å². The summed E-state index contributed by atoms with van der Waals surface area (Å²) in [6.45, 7) is 8.59. The number of thiophene rings is 1. The minimum atomic E-state index is 0.488. The van der Waals surface area contributed by atoms with Crippen LogP contribution < -0.4 is 5.32 Å². The highest BCUT2D eigenvalue weighted by Crippen LogP contribution is 2.62. The summed E-state index contributed by atoms with van der Waals surface area (Å²) in [7, 11) is 0. The Morgan fingerprint density at radius 3 is 2.83 bits per heavy atom. The van der Waals surface area contributed by atoms with E-state index in [9.17, 15) is 0 Å². The fourth-order valence-corrected chi connectivity index (χ4v) is 5.31. The van der Waals surface area contributed by atoms with Crippen molar-refractivity contribution < 1.29 is 0 Å². The van der Waals surface area contributed by atoms with Crippen LogP contribution in [0, 0.1) is 16.7 Å². The minimum absolute atomic E-state index is 0.488. The Balaban J connectivity index is 1.62. The van der Waals surface area contributed by atoms with Crippen LogP contribution in [0.2, 0.25) is 0 Å². The Morgan fingerprint density at radius 2 is 2.22 bits per heavy atom. The molecule has 2 saturated carbocycles. The molecule has 3 unspecified atom stereocenters. The Labute approximate surface area is 115 Å². The highest BCUT2D eigenvalue weighted by Gasteiger charge is 2.58. The molecule has 1 heterocycles. The van der Waals surface area contributed by atoms with Crippen molar-refractivity contribution in [2.45, 2.75) is 52.5 Å². The topological polar surface area (TPSA) is 12.0 Å². The standard InChI is InChI=1S/C16H25NS/c1-15(2)13-4-7-16(3,10-13)14(15)17-8-5-12-6-9-18-11-12/h6,9,11,13-14,17H,4-5,7-8,10H2,1-3H3. The summed E-state index contributed by atoms with van der Waals surface area (Å²) in [4.78, 5) is 0. The smallest absolute Gasteiger partial charge is 0.0175 e. The molecule has 0 radical (unpaired) electrons. The van der Waals surface area contributed by atoms with Gasteiger partial charge in [-0.1, -0.05) is 20.8 Å². The van der Waals surface area contributed by atoms with Gasteiger partial charge in [-0.15, -0.1) is 0 Å². The van der Waals surface area contributed by atoms with E-state index in [0.29, 0.717) is 16.9 Å². The molecule has 0 saturated heterocycles. The molecular weight excluding hydrogens is 238 g/mol. The van der Waals surface area contributed by atoms with Crippen molar-refractivity contribution in [3.63, 3.8) is 0 Å². The second kappa shape index (κ2) is 4.35. The molecule has 3 atom stereocenters. The zero-order valence-electron chi connectivity index (χ0n) is 11.8. The lowest BCUT2D eigenvalue weighted by Crippen LogP contribution is -2.50. The molecule has 0 aromatic carbocycles. The van der Waals surface area contributed by atoms with Crippen LogP contribution in [0.4, 0.5) is 0 Å². The van der Waals surface area contributed by atoms with E-state index in [2.05, 4.69) is 42.9 Å². The predicted octanol–water partition coefficient (Wildman–Crippen LogP) is 4.10. The summed E-state index contributed by atoms with van der Waals surface area (Å²) in [5.41, 5.74) is 2.53. The van der Waals surface area contributed by atoms with Gasteiger partial charge in [-0.05, 0) is 71.4 Å². The van der Waals surface area contributed by atoms with E-state index >= 15 is 0 Å². The molecule has 100 valence electrons. The third kappa shape index (κ3) is 1.94. The second-order valence-corrected chi connectivity index (χ2v) is 7.96. The van der Waals surface area contributed by atoms with Crippen molar-refractivity contribution in [1.29, 1.82) is 0 Å². The zero-order valence-corrected chi connectivity index (χ0v) is 12.6. The molecule has 0 amide bonds. The van der Waals surface area contributed by atoms with Gasteiger partial charge in [-0.2, -0.15) is 11.3 Å². The lowest BCUT2D eigenvalue weighted by Gasteiger charge is -2.43. The molecule has 3 rings (SSSR count). The lowest BCUT2D eigenvalue weighted by atomic mass is 9.68. The quantitative estimate of drug-likeness (QED) is 0.862. The summed E-state index contributed by atoms with van der Waals surface area (Å²) in [5, 5.41) is 8.34. The molecule has 2 aliphatic rings. The van der Waals surface area contributed by atoms with E-state index in [4.69, 9.17) is 0 Å². The molecule has 2 bridgehead atoms. The van der Waals surface area contributed by atoms with Crippen LogP contribution >= 0.6 is 11.3 Å². The second-order valence-electron chi connectivity index (χ2n) is 7.18. The van der Waals surface area contributed by atoms with Gasteiger partial charge in [0.05, 0.1) is 0 Å². The molecule has 2 aliphatic carbocycles. The van der Waals surface area contributed by atoms with E-state index in [1.165, 1.54) is 31.2 Å². The monoisotopic (exact) mass is 263 g/mol. The molecule has 18 heavy (non-hydrogen) atoms. The first-order valence-electron chi connectivity index (χ1n) is 7.27. The average Bonchev–Trinajstić information content (AvgIpc) is 2.96. The van der Waals surface area contributed by atoms with Crippen molar-refractivity contribution in [2.24, 2.45) is 16.7 Å². The first-order valence-corrected chi connectivity index (χ1v) is 8.21. The Bertz CT molecular complexity index is 404. The number of hydrogen-bond donors (Lipinski definition) is 1. The summed E-state index contributed by atoms with van der Waals surface area (Å²) >= 11 is 1.81. The van der Waals surface area contributed by atoms with Crippen LogP contribution in [0.5, 0.6) is 0 Å². The highest BCUT2D eigenvalue weighted by molar-refractivity contribution is 7.07. The van der Waals surface area contributed by atoms with Crippen LogP contribution in [-0.4, -0.2) is 12.6 Å². The van der Waals surface area contributed by atoms with Gasteiger partial charge in [0.15, 0.2) is 0 Å². The lowest BCUT2D eigenvalue weighted by molar-refractivity contribution is 0.110. The van der Waals surface area contributed by atoms with Gasteiger partial charge in [-0.3, -0.25) is 0 Å². The van der Waals surface area contributed by atoms with E-state index in [0.717, 1.165) is 12.5 Å². The van der Waals surface area contributed by atoms with Crippen molar-refractivity contribution in [2.75, 3.05) is 6.54 Å². The predicted molar refractivity (Wildman–Crippen MR) is 79.0 cm³/mol. The maximum atomic E-state index is 3.89. The van der Waals surface area contributed by atoms with Gasteiger partial charge in [0.25, 0.3) is 0 Å². The number of nitrogens with one attached hydrogen (secondary N) is 1. The van der Waals surface area contributed by atoms with Crippen LogP contribution in [0.25, 0.3) is 0 Å². The molecule has 1 aromatic rings. The Morgan fingerprint density at radius 1 is 1.39 bits per heavy atom. The largest absolute Gasteiger partial charge is 0.313 e. The fourth-order valence-electron chi connectivity index (χ4n) is 4.61. The van der Waals surface area contributed by atoms with E-state index in [1.807, 2.05) is 0 Å². The van der Waals surface area contributed by atoms with E-state index in [1.54, 1.807) is 11.3 Å². The Kier molecular flexibility index (Phi) is 3.06. The molecule has 2 fully saturated rings. The van der Waals surface area contributed by atoms with Crippen molar-refractivity contribution in [3.05, 3.63) is 22.4 Å². The molecule has 2 heteroatoms. The van der Waals surface area contributed by atoms with Crippen LogP contribution in [-0.2, 0) is 6.42 Å². The third-order valence-electron chi connectivity index (χ3n) is 5.61. The van der Waals surface area contributed by atoms with Crippen molar-refractivity contribution >= 4 is 11.3 Å². The van der Waals surface area contributed by atoms with Crippen molar-refractivity contribution in [3.8, 4) is 0 Å². The zero-order chi connectivity index (χ0) is 12.8. The third-order valence-corrected chi connectivity index (χ3v) is 6.34. The summed E-state index contributed by atoms with van der Waals surface area (Å²) < 4.78 is 0. The molecule has 1 nitrogen and oxygen atoms in total. The van der Waals surface area contributed by atoms with Crippen molar-refractivity contribution in [1.82, 2.24) is 5.32 Å². The molecule has 1 N–H and O–H groups in total. The number of fused-ring (bicyclic) bond motifs is 2. The normalized spacial score (nSPS) is 37.3. The van der Waals surface area contributed by atoms with Crippen LogP contribution in [0.1, 0.15) is 45.6 Å². The molecular formula is C16H25NS. The van der Waals surface area contributed by atoms with Gasteiger partial charge in [-0.25, -0.2) is 0 Å². The minimum Gasteiger partial charge on any atom is -0.313 e. The SMILES string of the molecule is CC12CCC(C1)C(C)(C)C2NCCc1ccsc1. The maximum Gasteiger partial charge on any atom is 0.0175 e. The highest BCUT2D eigenvalue weighted by atomic mass is 32.1. The molecule has 1 aromatic heterocycles. The summed E-state index contributed by atoms with van der Waals surface area (Å²) in [6, 6.07) is 2.96. The summed E-state index contributed by atoms with van der Waals surface area (Å²) in [5.74, 6) is 0.946. The first kappa shape index (κ1) is 12.7. The van der Waals surface area contributed by atoms with Gasteiger partial charge < -0.3 is 5.32 Å². The molecule has 0 aliphatic heterocycles. The maximum absolute atomic E-state index is 3.89. The Hall–Kier alpha value is -0.340. The number of hydrogen-bond acceptors (Lipinski definition) is 2. The van der Waals surface area contributed by atoms with E-state index < -0.39 is 0 Å².